The second-order valence-corrected chi connectivity index (χ2v) is 6.37. The monoisotopic (exact) mass is 320 g/mol. The van der Waals surface area contributed by atoms with Gasteiger partial charge in [0.05, 0.1) is 13.1 Å². The molecule has 2 aliphatic heterocycles. The Kier molecular flexibility index (Phi) is 4.61. The third-order valence-electron chi connectivity index (χ3n) is 4.66. The van der Waals surface area contributed by atoms with E-state index in [2.05, 4.69) is 15.4 Å². The lowest BCUT2D eigenvalue weighted by Gasteiger charge is -2.34. The molecule has 1 aromatic heterocycles. The highest BCUT2D eigenvalue weighted by molar-refractivity contribution is 5.87. The summed E-state index contributed by atoms with van der Waals surface area (Å²) >= 11 is 0. The molecule has 8 nitrogen and oxygen atoms in total. The Balaban J connectivity index is 1.54. The Hall–Kier alpha value is -1.96. The topological polar surface area (TPSA) is 106 Å². The van der Waals surface area contributed by atoms with Gasteiger partial charge in [-0.25, -0.2) is 9.67 Å². The lowest BCUT2D eigenvalue weighted by atomic mass is 10.0. The molecule has 2 atom stereocenters. The van der Waals surface area contributed by atoms with E-state index in [0.29, 0.717) is 13.0 Å². The van der Waals surface area contributed by atoms with E-state index in [9.17, 15) is 9.59 Å². The number of nitrogens with two attached hydrogens (primary N) is 1. The SMILES string of the molecule is Cc1nc2n(n1)C[C@@H](NCC(=O)N1CCCC[C@@H]1C(N)=O)CC2. The number of rotatable bonds is 4. The van der Waals surface area contributed by atoms with Crippen molar-refractivity contribution < 1.29 is 9.59 Å². The molecule has 0 radical (unpaired) electrons. The first kappa shape index (κ1) is 15.9. The first-order valence-corrected chi connectivity index (χ1v) is 8.27. The molecule has 0 unspecified atom stereocenters. The second-order valence-electron chi connectivity index (χ2n) is 6.37. The minimum atomic E-state index is -0.450. The maximum absolute atomic E-state index is 12.4. The van der Waals surface area contributed by atoms with Crippen molar-refractivity contribution in [3.05, 3.63) is 11.6 Å². The fourth-order valence-corrected chi connectivity index (χ4v) is 3.46. The molecular formula is C15H24N6O2. The van der Waals surface area contributed by atoms with E-state index in [-0.39, 0.29) is 18.5 Å². The lowest BCUT2D eigenvalue weighted by molar-refractivity contribution is -0.140. The van der Waals surface area contributed by atoms with Crippen molar-refractivity contribution in [1.82, 2.24) is 25.0 Å². The summed E-state index contributed by atoms with van der Waals surface area (Å²) in [5, 5.41) is 7.66. The first-order valence-electron chi connectivity index (χ1n) is 8.27. The quantitative estimate of drug-likeness (QED) is 0.767. The molecule has 2 amide bonds. The zero-order chi connectivity index (χ0) is 16.4. The molecule has 0 spiro atoms. The van der Waals surface area contributed by atoms with Crippen LogP contribution in [-0.2, 0) is 22.6 Å². The predicted molar refractivity (Wildman–Crippen MR) is 83.4 cm³/mol. The average molecular weight is 320 g/mol. The van der Waals surface area contributed by atoms with Crippen LogP contribution in [0.2, 0.25) is 0 Å². The highest BCUT2D eigenvalue weighted by atomic mass is 16.2. The molecule has 0 aliphatic carbocycles. The number of carbonyl (C=O) groups excluding carboxylic acids is 2. The van der Waals surface area contributed by atoms with Crippen LogP contribution >= 0.6 is 0 Å². The smallest absolute Gasteiger partial charge is 0.240 e. The van der Waals surface area contributed by atoms with Crippen LogP contribution < -0.4 is 11.1 Å². The number of aryl methyl sites for hydroxylation is 2. The summed E-state index contributed by atoms with van der Waals surface area (Å²) in [4.78, 5) is 29.9. The molecule has 1 fully saturated rings. The van der Waals surface area contributed by atoms with Crippen molar-refractivity contribution in [1.29, 1.82) is 0 Å². The molecule has 23 heavy (non-hydrogen) atoms. The molecule has 0 saturated carbocycles. The number of nitrogens with zero attached hydrogens (tertiary/aromatic N) is 4. The summed E-state index contributed by atoms with van der Waals surface area (Å²) in [5.74, 6) is 1.35. The van der Waals surface area contributed by atoms with Gasteiger partial charge in [0.1, 0.15) is 17.7 Å². The third kappa shape index (κ3) is 3.52. The van der Waals surface area contributed by atoms with Gasteiger partial charge in [-0.1, -0.05) is 0 Å². The number of primary amides is 1. The molecule has 2 aliphatic rings. The Morgan fingerprint density at radius 3 is 2.96 bits per heavy atom. The van der Waals surface area contributed by atoms with Crippen LogP contribution in [0.4, 0.5) is 0 Å². The van der Waals surface area contributed by atoms with Crippen LogP contribution in [0.1, 0.15) is 37.3 Å². The lowest BCUT2D eigenvalue weighted by Crippen LogP contribution is -2.53. The Morgan fingerprint density at radius 2 is 2.17 bits per heavy atom. The molecule has 0 bridgehead atoms. The van der Waals surface area contributed by atoms with Crippen LogP contribution in [0.5, 0.6) is 0 Å². The highest BCUT2D eigenvalue weighted by Gasteiger charge is 2.31. The van der Waals surface area contributed by atoms with Crippen molar-refractivity contribution in [3.63, 3.8) is 0 Å². The Labute approximate surface area is 135 Å². The second kappa shape index (κ2) is 6.66. The highest BCUT2D eigenvalue weighted by Crippen LogP contribution is 2.17. The van der Waals surface area contributed by atoms with Crippen LogP contribution in [-0.4, -0.2) is 56.7 Å². The molecule has 8 heteroatoms. The van der Waals surface area contributed by atoms with Gasteiger partial charge in [0.2, 0.25) is 11.8 Å². The summed E-state index contributed by atoms with van der Waals surface area (Å²) in [6.45, 7) is 3.46. The van der Waals surface area contributed by atoms with Crippen LogP contribution in [0.3, 0.4) is 0 Å². The van der Waals surface area contributed by atoms with Crippen molar-refractivity contribution >= 4 is 11.8 Å². The van der Waals surface area contributed by atoms with Crippen molar-refractivity contribution in [3.8, 4) is 0 Å². The number of carbonyl (C=O) groups is 2. The van der Waals surface area contributed by atoms with Crippen LogP contribution in [0, 0.1) is 6.92 Å². The number of hydrogen-bond donors (Lipinski definition) is 2. The van der Waals surface area contributed by atoms with E-state index in [1.807, 2.05) is 11.6 Å². The number of piperidine rings is 1. The molecule has 3 N–H and O–H groups in total. The summed E-state index contributed by atoms with van der Waals surface area (Å²) in [7, 11) is 0. The van der Waals surface area contributed by atoms with Crippen LogP contribution in [0.15, 0.2) is 0 Å². The van der Waals surface area contributed by atoms with E-state index < -0.39 is 11.9 Å². The maximum atomic E-state index is 12.4. The number of amides is 2. The first-order chi connectivity index (χ1) is 11.0. The fraction of sp³-hybridized carbons (Fsp3) is 0.733. The van der Waals surface area contributed by atoms with Crippen LogP contribution in [0.25, 0.3) is 0 Å². The van der Waals surface area contributed by atoms with Gasteiger partial charge >= 0.3 is 0 Å². The number of aromatic nitrogens is 3. The van der Waals surface area contributed by atoms with Crippen molar-refractivity contribution in [2.24, 2.45) is 5.73 Å². The van der Waals surface area contributed by atoms with Crippen molar-refractivity contribution in [2.45, 2.75) is 57.7 Å². The Morgan fingerprint density at radius 1 is 1.35 bits per heavy atom. The van der Waals surface area contributed by atoms with E-state index in [4.69, 9.17) is 5.73 Å². The van der Waals surface area contributed by atoms with Gasteiger partial charge in [-0.15, -0.1) is 0 Å². The number of fused-ring (bicyclic) bond motifs is 1. The maximum Gasteiger partial charge on any atom is 0.240 e. The van der Waals surface area contributed by atoms with Gasteiger partial charge in [-0.2, -0.15) is 5.10 Å². The number of hydrogen-bond acceptors (Lipinski definition) is 5. The van der Waals surface area contributed by atoms with Gasteiger partial charge < -0.3 is 16.0 Å². The van der Waals surface area contributed by atoms with Gasteiger partial charge in [0.15, 0.2) is 0 Å². The minimum absolute atomic E-state index is 0.0472. The Bertz CT molecular complexity index is 599. The molecule has 1 saturated heterocycles. The summed E-state index contributed by atoms with van der Waals surface area (Å²) in [6, 6.07) is -0.252. The molecule has 126 valence electrons. The number of nitrogens with one attached hydrogen (secondary N) is 1. The normalized spacial score (nSPS) is 24.3. The minimum Gasteiger partial charge on any atom is -0.368 e. The molecular weight excluding hydrogens is 296 g/mol. The largest absolute Gasteiger partial charge is 0.368 e. The average Bonchev–Trinajstić information content (AvgIpc) is 2.91. The zero-order valence-electron chi connectivity index (χ0n) is 13.5. The number of likely N-dealkylation sites (tertiary alicyclic amines) is 1. The zero-order valence-corrected chi connectivity index (χ0v) is 13.5. The van der Waals surface area contributed by atoms with Gasteiger partial charge in [-0.05, 0) is 32.6 Å². The van der Waals surface area contributed by atoms with Gasteiger partial charge in [0, 0.05) is 19.0 Å². The van der Waals surface area contributed by atoms with E-state index in [0.717, 1.165) is 43.9 Å². The molecule has 1 aromatic rings. The summed E-state index contributed by atoms with van der Waals surface area (Å²) in [6.07, 6.45) is 4.35. The molecule has 0 aromatic carbocycles. The molecule has 3 rings (SSSR count). The third-order valence-corrected chi connectivity index (χ3v) is 4.66. The van der Waals surface area contributed by atoms with E-state index in [1.165, 1.54) is 0 Å². The summed E-state index contributed by atoms with van der Waals surface area (Å²) in [5.41, 5.74) is 5.42. The van der Waals surface area contributed by atoms with Gasteiger partial charge in [-0.3, -0.25) is 9.59 Å². The molecule has 3 heterocycles. The summed E-state index contributed by atoms with van der Waals surface area (Å²) < 4.78 is 1.91. The standard InChI is InChI=1S/C15H24N6O2/c1-10-18-13-6-5-11(9-21(13)19-10)17-8-14(22)20-7-3-2-4-12(20)15(16)23/h11-12,17H,2-9H2,1H3,(H2,16,23)/t11-,12+/m0/s1. The predicted octanol–water partition coefficient (Wildman–Crippen LogP) is -0.643. The van der Waals surface area contributed by atoms with E-state index in [1.54, 1.807) is 4.90 Å². The van der Waals surface area contributed by atoms with Crippen molar-refractivity contribution in [2.75, 3.05) is 13.1 Å². The van der Waals surface area contributed by atoms with Gasteiger partial charge in [0.25, 0.3) is 0 Å². The fourth-order valence-electron chi connectivity index (χ4n) is 3.46. The van der Waals surface area contributed by atoms with E-state index >= 15 is 0 Å².